The third kappa shape index (κ3) is 5.34. The fourth-order valence-corrected chi connectivity index (χ4v) is 2.53. The zero-order chi connectivity index (χ0) is 19.9. The molecule has 3 rings (SSSR count). The van der Waals surface area contributed by atoms with Gasteiger partial charge in [0.25, 0.3) is 0 Å². The molecule has 3 aromatic carbocycles. The van der Waals surface area contributed by atoms with Crippen molar-refractivity contribution in [2.24, 2.45) is 4.99 Å². The number of nitrogens with zero attached hydrogens (tertiary/aromatic N) is 1. The second-order valence-electron chi connectivity index (χ2n) is 6.85. The molecule has 0 aliphatic rings. The smallest absolute Gasteiger partial charge is 0.225 e. The van der Waals surface area contributed by atoms with E-state index < -0.39 is 0 Å². The van der Waals surface area contributed by atoms with Gasteiger partial charge in [0, 0.05) is 5.57 Å². The summed E-state index contributed by atoms with van der Waals surface area (Å²) >= 11 is 0. The van der Waals surface area contributed by atoms with Crippen LogP contribution in [-0.2, 0) is 0 Å². The van der Waals surface area contributed by atoms with Crippen LogP contribution < -0.4 is 9.47 Å². The van der Waals surface area contributed by atoms with Gasteiger partial charge in [-0.15, -0.1) is 0 Å². The number of hydrogen-bond donors (Lipinski definition) is 0. The van der Waals surface area contributed by atoms with E-state index in [1.165, 1.54) is 11.1 Å². The zero-order valence-electron chi connectivity index (χ0n) is 16.8. The summed E-state index contributed by atoms with van der Waals surface area (Å²) < 4.78 is 12.0. The SMILES string of the molecule is CC(=COc1ccc(C)cc1)C(=Nc1ccc(C)cc1)Oc1ccccc1C. The van der Waals surface area contributed by atoms with E-state index in [1.807, 2.05) is 93.6 Å². The Hall–Kier alpha value is -3.33. The molecule has 3 heteroatoms. The van der Waals surface area contributed by atoms with Crippen LogP contribution in [0.15, 0.2) is 89.6 Å². The Morgan fingerprint density at radius 3 is 2.04 bits per heavy atom. The molecule has 0 amide bonds. The Kier molecular flexibility index (Phi) is 6.28. The second-order valence-corrected chi connectivity index (χ2v) is 6.85. The topological polar surface area (TPSA) is 30.8 Å². The minimum Gasteiger partial charge on any atom is -0.465 e. The van der Waals surface area contributed by atoms with Gasteiger partial charge in [0.1, 0.15) is 11.5 Å². The van der Waals surface area contributed by atoms with Gasteiger partial charge in [-0.25, -0.2) is 4.99 Å². The molecule has 0 atom stereocenters. The molecule has 0 unspecified atom stereocenters. The molecule has 0 aromatic heterocycles. The molecule has 3 nitrogen and oxygen atoms in total. The molecule has 0 bridgehead atoms. The first-order valence-electron chi connectivity index (χ1n) is 9.30. The van der Waals surface area contributed by atoms with Gasteiger partial charge in [0.2, 0.25) is 5.90 Å². The molecule has 0 spiro atoms. The lowest BCUT2D eigenvalue weighted by molar-refractivity contribution is 0.473. The summed E-state index contributed by atoms with van der Waals surface area (Å²) in [5.41, 5.74) is 5.06. The first-order chi connectivity index (χ1) is 13.5. The fourth-order valence-electron chi connectivity index (χ4n) is 2.53. The fraction of sp³-hybridized carbons (Fsp3) is 0.160. The highest BCUT2D eigenvalue weighted by Gasteiger charge is 2.09. The van der Waals surface area contributed by atoms with E-state index in [0.717, 1.165) is 28.3 Å². The van der Waals surface area contributed by atoms with Gasteiger partial charge < -0.3 is 9.47 Å². The van der Waals surface area contributed by atoms with Gasteiger partial charge in [-0.05, 0) is 63.6 Å². The first kappa shape index (κ1) is 19.4. The van der Waals surface area contributed by atoms with E-state index in [4.69, 9.17) is 14.5 Å². The first-order valence-corrected chi connectivity index (χ1v) is 9.30. The lowest BCUT2D eigenvalue weighted by atomic mass is 10.2. The van der Waals surface area contributed by atoms with E-state index in [0.29, 0.717) is 5.90 Å². The molecule has 0 saturated heterocycles. The molecule has 0 N–H and O–H groups in total. The van der Waals surface area contributed by atoms with Crippen LogP contribution in [0.3, 0.4) is 0 Å². The minimum absolute atomic E-state index is 0.505. The highest BCUT2D eigenvalue weighted by atomic mass is 16.5. The molecular weight excluding hydrogens is 346 g/mol. The highest BCUT2D eigenvalue weighted by molar-refractivity contribution is 5.96. The number of rotatable bonds is 5. The van der Waals surface area contributed by atoms with Gasteiger partial charge in [0.15, 0.2) is 0 Å². The van der Waals surface area contributed by atoms with Crippen molar-refractivity contribution >= 4 is 11.6 Å². The van der Waals surface area contributed by atoms with Crippen molar-refractivity contribution in [3.05, 3.63) is 101 Å². The lowest BCUT2D eigenvalue weighted by Gasteiger charge is -2.12. The number of aliphatic imine (C=N–C) groups is 1. The van der Waals surface area contributed by atoms with Crippen molar-refractivity contribution in [3.8, 4) is 11.5 Å². The number of hydrogen-bond acceptors (Lipinski definition) is 3. The Balaban J connectivity index is 1.90. The number of ether oxygens (including phenoxy) is 2. The number of benzene rings is 3. The van der Waals surface area contributed by atoms with E-state index >= 15 is 0 Å². The zero-order valence-corrected chi connectivity index (χ0v) is 16.8. The van der Waals surface area contributed by atoms with Crippen LogP contribution >= 0.6 is 0 Å². The monoisotopic (exact) mass is 371 g/mol. The largest absolute Gasteiger partial charge is 0.465 e. The van der Waals surface area contributed by atoms with Crippen molar-refractivity contribution < 1.29 is 9.47 Å². The minimum atomic E-state index is 0.505. The van der Waals surface area contributed by atoms with Crippen LogP contribution in [0.5, 0.6) is 11.5 Å². The molecule has 0 aliphatic carbocycles. The van der Waals surface area contributed by atoms with Crippen molar-refractivity contribution in [2.75, 3.05) is 0 Å². The van der Waals surface area contributed by atoms with Crippen LogP contribution in [0.2, 0.25) is 0 Å². The molecule has 3 aromatic rings. The van der Waals surface area contributed by atoms with Crippen LogP contribution in [-0.4, -0.2) is 5.90 Å². The quantitative estimate of drug-likeness (QED) is 0.284. The number of aryl methyl sites for hydroxylation is 3. The van der Waals surface area contributed by atoms with Gasteiger partial charge >= 0.3 is 0 Å². The molecule has 0 fully saturated rings. The van der Waals surface area contributed by atoms with Crippen molar-refractivity contribution in [1.29, 1.82) is 0 Å². The van der Waals surface area contributed by atoms with Gasteiger partial charge in [-0.1, -0.05) is 53.6 Å². The molecule has 0 heterocycles. The van der Waals surface area contributed by atoms with E-state index in [-0.39, 0.29) is 0 Å². The molecule has 0 aliphatic heterocycles. The van der Waals surface area contributed by atoms with E-state index in [9.17, 15) is 0 Å². The summed E-state index contributed by atoms with van der Waals surface area (Å²) in [5, 5.41) is 0. The maximum absolute atomic E-state index is 6.15. The van der Waals surface area contributed by atoms with Crippen molar-refractivity contribution in [3.63, 3.8) is 0 Å². The standard InChI is InChI=1S/C25H25NO2/c1-18-9-13-22(14-10-18)26-25(28-24-8-6-5-7-20(24)3)21(4)17-27-23-15-11-19(2)12-16-23/h5-17H,1-4H3. The summed E-state index contributed by atoms with van der Waals surface area (Å²) in [6, 6.07) is 23.8. The highest BCUT2D eigenvalue weighted by Crippen LogP contribution is 2.21. The average Bonchev–Trinajstić information content (AvgIpc) is 2.70. The van der Waals surface area contributed by atoms with Gasteiger partial charge in [-0.3, -0.25) is 0 Å². The Bertz CT molecular complexity index is 984. The van der Waals surface area contributed by atoms with E-state index in [1.54, 1.807) is 6.26 Å². The Labute approximate surface area is 167 Å². The third-order valence-corrected chi connectivity index (χ3v) is 4.29. The molecule has 0 saturated carbocycles. The second kappa shape index (κ2) is 9.05. The Morgan fingerprint density at radius 2 is 1.39 bits per heavy atom. The van der Waals surface area contributed by atoms with E-state index in [2.05, 4.69) is 6.92 Å². The maximum atomic E-state index is 6.15. The maximum Gasteiger partial charge on any atom is 0.225 e. The summed E-state index contributed by atoms with van der Waals surface area (Å²) in [7, 11) is 0. The Morgan fingerprint density at radius 1 is 0.786 bits per heavy atom. The van der Waals surface area contributed by atoms with Crippen molar-refractivity contribution in [2.45, 2.75) is 27.7 Å². The molecule has 0 radical (unpaired) electrons. The molecule has 28 heavy (non-hydrogen) atoms. The summed E-state index contributed by atoms with van der Waals surface area (Å²) in [4.78, 5) is 4.71. The predicted molar refractivity (Wildman–Crippen MR) is 116 cm³/mol. The average molecular weight is 371 g/mol. The van der Waals surface area contributed by atoms with Gasteiger partial charge in [-0.2, -0.15) is 0 Å². The van der Waals surface area contributed by atoms with Crippen LogP contribution in [0.25, 0.3) is 0 Å². The molecular formula is C25H25NO2. The summed E-state index contributed by atoms with van der Waals surface area (Å²) in [6.45, 7) is 8.05. The van der Waals surface area contributed by atoms with Crippen LogP contribution in [0.1, 0.15) is 23.6 Å². The predicted octanol–water partition coefficient (Wildman–Crippen LogP) is 6.70. The molecule has 142 valence electrons. The van der Waals surface area contributed by atoms with Crippen molar-refractivity contribution in [1.82, 2.24) is 0 Å². The third-order valence-electron chi connectivity index (χ3n) is 4.29. The summed E-state index contributed by atoms with van der Waals surface area (Å²) in [5.74, 6) is 2.05. The van der Waals surface area contributed by atoms with Crippen LogP contribution in [0.4, 0.5) is 5.69 Å². The normalized spacial score (nSPS) is 12.0. The van der Waals surface area contributed by atoms with Crippen LogP contribution in [0, 0.1) is 20.8 Å². The van der Waals surface area contributed by atoms with Gasteiger partial charge in [0.05, 0.1) is 11.9 Å². The summed E-state index contributed by atoms with van der Waals surface area (Å²) in [6.07, 6.45) is 1.68. The number of para-hydroxylation sites is 1. The lowest BCUT2D eigenvalue weighted by Crippen LogP contribution is -2.11.